The molecular formula is C9H15N3O. The summed E-state index contributed by atoms with van der Waals surface area (Å²) in [4.78, 5) is 15.8. The monoisotopic (exact) mass is 181 g/mol. The van der Waals surface area contributed by atoms with Gasteiger partial charge in [0.05, 0.1) is 0 Å². The minimum Gasteiger partial charge on any atom is -0.329 e. The van der Waals surface area contributed by atoms with Gasteiger partial charge in [0.25, 0.3) is 0 Å². The van der Waals surface area contributed by atoms with Gasteiger partial charge < -0.3 is 10.7 Å². The van der Waals surface area contributed by atoms with Crippen LogP contribution in [0.2, 0.25) is 0 Å². The normalized spacial score (nSPS) is 10.7. The number of hydrogen-bond acceptors (Lipinski definition) is 3. The van der Waals surface area contributed by atoms with E-state index in [1.54, 1.807) is 6.07 Å². The second kappa shape index (κ2) is 4.79. The summed E-state index contributed by atoms with van der Waals surface area (Å²) in [7, 11) is 1.97. The predicted octanol–water partition coefficient (Wildman–Crippen LogP) is -0.235. The van der Waals surface area contributed by atoms with Crippen LogP contribution in [0.4, 0.5) is 0 Å². The van der Waals surface area contributed by atoms with Gasteiger partial charge in [0.1, 0.15) is 0 Å². The fraction of sp³-hybridized carbons (Fsp3) is 0.444. The van der Waals surface area contributed by atoms with Gasteiger partial charge in [-0.25, -0.2) is 0 Å². The Bertz CT molecular complexity index is 308. The van der Waals surface area contributed by atoms with Crippen LogP contribution in [0.15, 0.2) is 23.0 Å². The van der Waals surface area contributed by atoms with Gasteiger partial charge in [0, 0.05) is 31.4 Å². The molecule has 0 fully saturated rings. The Hall–Kier alpha value is -1.13. The summed E-state index contributed by atoms with van der Waals surface area (Å²) >= 11 is 0. The summed E-state index contributed by atoms with van der Waals surface area (Å²) in [6.45, 7) is 2.19. The van der Waals surface area contributed by atoms with E-state index in [1.807, 2.05) is 13.1 Å². The van der Waals surface area contributed by atoms with Crippen LogP contribution in [0, 0.1) is 0 Å². The number of pyridine rings is 1. The van der Waals surface area contributed by atoms with Crippen LogP contribution < -0.4 is 11.3 Å². The van der Waals surface area contributed by atoms with Crippen molar-refractivity contribution in [1.29, 1.82) is 0 Å². The van der Waals surface area contributed by atoms with Gasteiger partial charge in [-0.1, -0.05) is 6.07 Å². The molecule has 0 atom stereocenters. The maximum Gasteiger partial charge on any atom is 0.248 e. The van der Waals surface area contributed by atoms with Crippen molar-refractivity contribution in [2.45, 2.75) is 6.54 Å². The van der Waals surface area contributed by atoms with Crippen molar-refractivity contribution in [3.63, 3.8) is 0 Å². The number of nitrogens with two attached hydrogens (primary N) is 1. The Morgan fingerprint density at radius 2 is 2.31 bits per heavy atom. The third kappa shape index (κ3) is 3.40. The number of likely N-dealkylation sites (N-methyl/N-ethyl adjacent to an activating group) is 1. The molecule has 1 aromatic heterocycles. The van der Waals surface area contributed by atoms with Crippen molar-refractivity contribution in [1.82, 2.24) is 9.88 Å². The first-order chi connectivity index (χ1) is 6.22. The number of aromatic nitrogens is 1. The first kappa shape index (κ1) is 9.95. The molecule has 0 amide bonds. The topological polar surface area (TPSA) is 62.1 Å². The number of aromatic amines is 1. The molecule has 3 N–H and O–H groups in total. The van der Waals surface area contributed by atoms with Crippen molar-refractivity contribution < 1.29 is 0 Å². The first-order valence-corrected chi connectivity index (χ1v) is 4.29. The smallest absolute Gasteiger partial charge is 0.248 e. The van der Waals surface area contributed by atoms with Crippen LogP contribution >= 0.6 is 0 Å². The lowest BCUT2D eigenvalue weighted by molar-refractivity contribution is 0.332. The first-order valence-electron chi connectivity index (χ1n) is 4.29. The van der Waals surface area contributed by atoms with E-state index in [2.05, 4.69) is 9.88 Å². The summed E-state index contributed by atoms with van der Waals surface area (Å²) in [5.74, 6) is 0. The summed E-state index contributed by atoms with van der Waals surface area (Å²) in [6, 6.07) is 5.16. The lowest BCUT2D eigenvalue weighted by atomic mass is 10.3. The molecule has 0 saturated heterocycles. The second-order valence-corrected chi connectivity index (χ2v) is 3.07. The molecule has 72 valence electrons. The zero-order chi connectivity index (χ0) is 9.68. The van der Waals surface area contributed by atoms with Crippen molar-refractivity contribution in [2.24, 2.45) is 5.73 Å². The van der Waals surface area contributed by atoms with E-state index in [4.69, 9.17) is 5.73 Å². The van der Waals surface area contributed by atoms with Gasteiger partial charge >= 0.3 is 0 Å². The maximum absolute atomic E-state index is 10.9. The van der Waals surface area contributed by atoms with Crippen LogP contribution in [0.5, 0.6) is 0 Å². The van der Waals surface area contributed by atoms with E-state index in [0.29, 0.717) is 6.54 Å². The molecule has 0 radical (unpaired) electrons. The van der Waals surface area contributed by atoms with Gasteiger partial charge in [0.2, 0.25) is 5.56 Å². The fourth-order valence-corrected chi connectivity index (χ4v) is 1.18. The standard InChI is InChI=1S/C9H15N3O/c1-12(6-5-10)7-8-3-2-4-9(13)11-8/h2-4H,5-7,10H2,1H3,(H,11,13). The van der Waals surface area contributed by atoms with Crippen molar-refractivity contribution in [3.05, 3.63) is 34.2 Å². The van der Waals surface area contributed by atoms with Gasteiger partial charge in [-0.3, -0.25) is 9.69 Å². The zero-order valence-corrected chi connectivity index (χ0v) is 7.79. The molecular weight excluding hydrogens is 166 g/mol. The van der Waals surface area contributed by atoms with E-state index >= 15 is 0 Å². The molecule has 0 aliphatic rings. The SMILES string of the molecule is CN(CCN)Cc1cccc(=O)[nH]1. The summed E-state index contributed by atoms with van der Waals surface area (Å²) in [6.07, 6.45) is 0. The highest BCUT2D eigenvalue weighted by Crippen LogP contribution is 1.95. The summed E-state index contributed by atoms with van der Waals surface area (Å²) in [5.41, 5.74) is 6.26. The molecule has 0 spiro atoms. The van der Waals surface area contributed by atoms with Gasteiger partial charge in [-0.15, -0.1) is 0 Å². The van der Waals surface area contributed by atoms with E-state index in [0.717, 1.165) is 18.8 Å². The van der Waals surface area contributed by atoms with Gasteiger partial charge in [-0.05, 0) is 13.1 Å². The molecule has 1 heterocycles. The lowest BCUT2D eigenvalue weighted by Crippen LogP contribution is -2.26. The number of H-pyrrole nitrogens is 1. The minimum atomic E-state index is -0.0568. The Kier molecular flexibility index (Phi) is 3.67. The molecule has 1 aromatic rings. The predicted molar refractivity (Wildman–Crippen MR) is 52.5 cm³/mol. The van der Waals surface area contributed by atoms with E-state index in [-0.39, 0.29) is 5.56 Å². The largest absolute Gasteiger partial charge is 0.329 e. The Morgan fingerprint density at radius 3 is 2.92 bits per heavy atom. The molecule has 0 aliphatic carbocycles. The van der Waals surface area contributed by atoms with Gasteiger partial charge in [-0.2, -0.15) is 0 Å². The van der Waals surface area contributed by atoms with Crippen LogP contribution in [-0.2, 0) is 6.54 Å². The fourth-order valence-electron chi connectivity index (χ4n) is 1.18. The van der Waals surface area contributed by atoms with Crippen LogP contribution in [0.3, 0.4) is 0 Å². The number of nitrogens with zero attached hydrogens (tertiary/aromatic N) is 1. The van der Waals surface area contributed by atoms with Crippen molar-refractivity contribution in [3.8, 4) is 0 Å². The Labute approximate surface area is 77.4 Å². The van der Waals surface area contributed by atoms with E-state index < -0.39 is 0 Å². The average Bonchev–Trinajstić information content (AvgIpc) is 2.04. The molecule has 4 nitrogen and oxygen atoms in total. The maximum atomic E-state index is 10.9. The number of rotatable bonds is 4. The van der Waals surface area contributed by atoms with Crippen LogP contribution in [0.1, 0.15) is 5.69 Å². The summed E-state index contributed by atoms with van der Waals surface area (Å²) in [5, 5.41) is 0. The number of nitrogens with one attached hydrogen (secondary N) is 1. The highest BCUT2D eigenvalue weighted by atomic mass is 16.1. The van der Waals surface area contributed by atoms with Crippen LogP contribution in [-0.4, -0.2) is 30.0 Å². The second-order valence-electron chi connectivity index (χ2n) is 3.07. The molecule has 1 rings (SSSR count). The Balaban J connectivity index is 2.58. The highest BCUT2D eigenvalue weighted by molar-refractivity contribution is 5.03. The molecule has 0 bridgehead atoms. The lowest BCUT2D eigenvalue weighted by Gasteiger charge is -2.14. The quantitative estimate of drug-likeness (QED) is 0.674. The average molecular weight is 181 g/mol. The van der Waals surface area contributed by atoms with Crippen molar-refractivity contribution in [2.75, 3.05) is 20.1 Å². The molecule has 0 saturated carbocycles. The van der Waals surface area contributed by atoms with E-state index in [1.165, 1.54) is 6.07 Å². The Morgan fingerprint density at radius 1 is 1.54 bits per heavy atom. The highest BCUT2D eigenvalue weighted by Gasteiger charge is 1.98. The zero-order valence-electron chi connectivity index (χ0n) is 7.79. The molecule has 0 aliphatic heterocycles. The third-order valence-corrected chi connectivity index (χ3v) is 1.78. The molecule has 0 unspecified atom stereocenters. The molecule has 4 heteroatoms. The number of hydrogen-bond donors (Lipinski definition) is 2. The minimum absolute atomic E-state index is 0.0568. The van der Waals surface area contributed by atoms with E-state index in [9.17, 15) is 4.79 Å². The van der Waals surface area contributed by atoms with Gasteiger partial charge in [0.15, 0.2) is 0 Å². The summed E-state index contributed by atoms with van der Waals surface area (Å²) < 4.78 is 0. The molecule has 0 aromatic carbocycles. The third-order valence-electron chi connectivity index (χ3n) is 1.78. The van der Waals surface area contributed by atoms with Crippen molar-refractivity contribution >= 4 is 0 Å². The molecule has 13 heavy (non-hydrogen) atoms. The van der Waals surface area contributed by atoms with Crippen LogP contribution in [0.25, 0.3) is 0 Å².